The van der Waals surface area contributed by atoms with Crippen molar-refractivity contribution in [3.8, 4) is 0 Å². The quantitative estimate of drug-likeness (QED) is 0.754. The summed E-state index contributed by atoms with van der Waals surface area (Å²) in [7, 11) is 1.53. The van der Waals surface area contributed by atoms with Crippen molar-refractivity contribution in [1.82, 2.24) is 10.2 Å². The molecule has 0 fully saturated rings. The van der Waals surface area contributed by atoms with Gasteiger partial charge in [-0.05, 0) is 18.1 Å². The number of nitrogens with one attached hydrogen (secondary N) is 1. The largest absolute Gasteiger partial charge is 0.459 e. The lowest BCUT2D eigenvalue weighted by atomic mass is 10.2. The van der Waals surface area contributed by atoms with Crippen LogP contribution in [0.5, 0.6) is 0 Å². The second kappa shape index (κ2) is 6.80. The maximum absolute atomic E-state index is 11.7. The molecule has 0 aliphatic carbocycles. The molecule has 18 heavy (non-hydrogen) atoms. The second-order valence-corrected chi connectivity index (χ2v) is 4.23. The number of likely N-dealkylation sites (N-methyl/N-ethyl adjacent to an activating group) is 1. The lowest BCUT2D eigenvalue weighted by molar-refractivity contribution is -0.121. The van der Waals surface area contributed by atoms with Crippen molar-refractivity contribution >= 4 is 11.8 Å². The van der Waals surface area contributed by atoms with Gasteiger partial charge >= 0.3 is 0 Å². The van der Waals surface area contributed by atoms with Gasteiger partial charge in [0.1, 0.15) is 0 Å². The molecule has 2 amide bonds. The Morgan fingerprint density at radius 3 is 2.83 bits per heavy atom. The minimum Gasteiger partial charge on any atom is -0.459 e. The summed E-state index contributed by atoms with van der Waals surface area (Å²) < 4.78 is 4.96. The highest BCUT2D eigenvalue weighted by Crippen LogP contribution is 2.03. The van der Waals surface area contributed by atoms with Gasteiger partial charge in [-0.1, -0.05) is 6.92 Å². The fraction of sp³-hybridized carbons (Fsp3) is 0.500. The monoisotopic (exact) mass is 254 g/mol. The molecule has 0 bridgehead atoms. The molecular formula is C12H18N2O4. The first-order valence-electron chi connectivity index (χ1n) is 5.71. The third-order valence-electron chi connectivity index (χ3n) is 2.42. The Labute approximate surface area is 106 Å². The summed E-state index contributed by atoms with van der Waals surface area (Å²) in [6.45, 7) is 2.18. The van der Waals surface area contributed by atoms with Crippen LogP contribution in [0.2, 0.25) is 0 Å². The van der Waals surface area contributed by atoms with Crippen LogP contribution in [0.3, 0.4) is 0 Å². The Morgan fingerprint density at radius 2 is 2.28 bits per heavy atom. The molecule has 100 valence electrons. The molecule has 0 saturated heterocycles. The Bertz CT molecular complexity index is 389. The molecule has 1 atom stereocenters. The number of aliphatic hydroxyl groups excluding tert-OH is 1. The molecule has 1 unspecified atom stereocenters. The summed E-state index contributed by atoms with van der Waals surface area (Å²) in [4.78, 5) is 24.6. The molecule has 2 N–H and O–H groups in total. The van der Waals surface area contributed by atoms with E-state index in [1.165, 1.54) is 18.2 Å². The maximum atomic E-state index is 11.7. The van der Waals surface area contributed by atoms with E-state index in [9.17, 15) is 9.59 Å². The molecule has 6 nitrogen and oxygen atoms in total. The smallest absolute Gasteiger partial charge is 0.289 e. The molecule has 0 spiro atoms. The Balaban J connectivity index is 2.38. The standard InChI is InChI=1S/C12H18N2O4/c1-9(8-15)6-13-11(16)7-14(2)12(17)10-4-3-5-18-10/h3-5,9,15H,6-8H2,1-2H3,(H,13,16). The zero-order chi connectivity index (χ0) is 13.5. The fourth-order valence-electron chi connectivity index (χ4n) is 1.28. The predicted molar refractivity (Wildman–Crippen MR) is 64.9 cm³/mol. The number of amides is 2. The lowest BCUT2D eigenvalue weighted by Crippen LogP contribution is -2.40. The van der Waals surface area contributed by atoms with Gasteiger partial charge in [0.2, 0.25) is 5.91 Å². The third-order valence-corrected chi connectivity index (χ3v) is 2.42. The van der Waals surface area contributed by atoms with Crippen molar-refractivity contribution in [1.29, 1.82) is 0 Å². The maximum Gasteiger partial charge on any atom is 0.289 e. The highest BCUT2D eigenvalue weighted by molar-refractivity contribution is 5.94. The summed E-state index contributed by atoms with van der Waals surface area (Å²) >= 11 is 0. The lowest BCUT2D eigenvalue weighted by Gasteiger charge is -2.16. The summed E-state index contributed by atoms with van der Waals surface area (Å²) in [6, 6.07) is 3.16. The van der Waals surface area contributed by atoms with Crippen LogP contribution in [0.15, 0.2) is 22.8 Å². The number of carbonyl (C=O) groups is 2. The predicted octanol–water partition coefficient (Wildman–Crippen LogP) is 0.0962. The zero-order valence-corrected chi connectivity index (χ0v) is 10.5. The average molecular weight is 254 g/mol. The van der Waals surface area contributed by atoms with Gasteiger partial charge in [-0.2, -0.15) is 0 Å². The summed E-state index contributed by atoms with van der Waals surface area (Å²) in [5, 5.41) is 11.5. The number of furan rings is 1. The highest BCUT2D eigenvalue weighted by Gasteiger charge is 2.17. The van der Waals surface area contributed by atoms with Crippen LogP contribution in [0, 0.1) is 5.92 Å². The number of carbonyl (C=O) groups excluding carboxylic acids is 2. The van der Waals surface area contributed by atoms with Gasteiger partial charge in [-0.25, -0.2) is 0 Å². The number of hydrogen-bond donors (Lipinski definition) is 2. The van der Waals surface area contributed by atoms with Gasteiger partial charge in [0.15, 0.2) is 5.76 Å². The van der Waals surface area contributed by atoms with E-state index >= 15 is 0 Å². The van der Waals surface area contributed by atoms with Crippen LogP contribution in [-0.2, 0) is 4.79 Å². The minimum absolute atomic E-state index is 0.0000291. The van der Waals surface area contributed by atoms with Crippen molar-refractivity contribution in [2.24, 2.45) is 5.92 Å². The number of rotatable bonds is 6. The molecule has 0 aliphatic rings. The van der Waals surface area contributed by atoms with Crippen LogP contribution in [0.1, 0.15) is 17.5 Å². The van der Waals surface area contributed by atoms with Gasteiger partial charge < -0.3 is 19.7 Å². The van der Waals surface area contributed by atoms with Crippen molar-refractivity contribution in [3.63, 3.8) is 0 Å². The summed E-state index contributed by atoms with van der Waals surface area (Å²) in [6.07, 6.45) is 1.41. The molecule has 6 heteroatoms. The van der Waals surface area contributed by atoms with Crippen molar-refractivity contribution in [2.45, 2.75) is 6.92 Å². The molecule has 0 aromatic carbocycles. The molecule has 1 heterocycles. The Hall–Kier alpha value is -1.82. The van der Waals surface area contributed by atoms with E-state index in [1.54, 1.807) is 12.1 Å². The van der Waals surface area contributed by atoms with Gasteiger partial charge in [0.05, 0.1) is 12.8 Å². The van der Waals surface area contributed by atoms with Crippen molar-refractivity contribution < 1.29 is 19.1 Å². The highest BCUT2D eigenvalue weighted by atomic mass is 16.3. The Kier molecular flexibility index (Phi) is 5.38. The molecule has 1 rings (SSSR count). The zero-order valence-electron chi connectivity index (χ0n) is 10.5. The summed E-state index contributed by atoms with van der Waals surface area (Å²) in [5.41, 5.74) is 0. The molecule has 0 radical (unpaired) electrons. The summed E-state index contributed by atoms with van der Waals surface area (Å²) in [5.74, 6) is -0.405. The Morgan fingerprint density at radius 1 is 1.56 bits per heavy atom. The fourth-order valence-corrected chi connectivity index (χ4v) is 1.28. The van der Waals surface area contributed by atoms with Crippen LogP contribution in [0.4, 0.5) is 0 Å². The van der Waals surface area contributed by atoms with E-state index in [2.05, 4.69) is 5.32 Å². The van der Waals surface area contributed by atoms with Crippen LogP contribution in [-0.4, -0.2) is 48.6 Å². The minimum atomic E-state index is -0.342. The normalized spacial score (nSPS) is 11.9. The number of aliphatic hydroxyl groups is 1. The van der Waals surface area contributed by atoms with Crippen LogP contribution >= 0.6 is 0 Å². The number of hydrogen-bond acceptors (Lipinski definition) is 4. The molecule has 0 saturated carbocycles. The average Bonchev–Trinajstić information content (AvgIpc) is 2.88. The SMILES string of the molecule is CC(CO)CNC(=O)CN(C)C(=O)c1ccco1. The van der Waals surface area contributed by atoms with Gasteiger partial charge in [-0.15, -0.1) is 0 Å². The van der Waals surface area contributed by atoms with E-state index in [-0.39, 0.29) is 36.6 Å². The van der Waals surface area contributed by atoms with Crippen LogP contribution < -0.4 is 5.32 Å². The third kappa shape index (κ3) is 4.21. The van der Waals surface area contributed by atoms with Gasteiger partial charge in [0, 0.05) is 20.2 Å². The molecule has 1 aromatic rings. The first-order valence-corrected chi connectivity index (χ1v) is 5.71. The van der Waals surface area contributed by atoms with E-state index in [4.69, 9.17) is 9.52 Å². The van der Waals surface area contributed by atoms with E-state index in [0.29, 0.717) is 6.54 Å². The first-order chi connectivity index (χ1) is 8.54. The topological polar surface area (TPSA) is 82.8 Å². The molecule has 0 aliphatic heterocycles. The van der Waals surface area contributed by atoms with Crippen molar-refractivity contribution in [2.75, 3.05) is 26.7 Å². The molecule has 1 aromatic heterocycles. The van der Waals surface area contributed by atoms with E-state index < -0.39 is 0 Å². The van der Waals surface area contributed by atoms with Crippen molar-refractivity contribution in [3.05, 3.63) is 24.2 Å². The van der Waals surface area contributed by atoms with E-state index in [1.807, 2.05) is 6.92 Å². The number of nitrogens with zero attached hydrogens (tertiary/aromatic N) is 1. The van der Waals surface area contributed by atoms with Crippen LogP contribution in [0.25, 0.3) is 0 Å². The van der Waals surface area contributed by atoms with Gasteiger partial charge in [-0.3, -0.25) is 9.59 Å². The molecular weight excluding hydrogens is 236 g/mol. The second-order valence-electron chi connectivity index (χ2n) is 4.23. The van der Waals surface area contributed by atoms with E-state index in [0.717, 1.165) is 0 Å². The van der Waals surface area contributed by atoms with Gasteiger partial charge in [0.25, 0.3) is 5.91 Å². The first kappa shape index (κ1) is 14.2.